The van der Waals surface area contributed by atoms with Crippen molar-refractivity contribution in [2.45, 2.75) is 32.1 Å². The summed E-state index contributed by atoms with van der Waals surface area (Å²) >= 11 is 0. The Bertz CT molecular complexity index is 245. The molecule has 72 valence electrons. The summed E-state index contributed by atoms with van der Waals surface area (Å²) in [6.07, 6.45) is 5.53. The Hall–Kier alpha value is -0.370. The van der Waals surface area contributed by atoms with E-state index in [1.54, 1.807) is 0 Å². The average Bonchev–Trinajstić information content (AvgIpc) is 2.12. The lowest BCUT2D eigenvalue weighted by molar-refractivity contribution is -0.157. The molecule has 0 radical (unpaired) electrons. The Balaban J connectivity index is 2.00. The Morgan fingerprint density at radius 1 is 1.23 bits per heavy atom. The second kappa shape index (κ2) is 2.35. The maximum atomic E-state index is 12.0. The Morgan fingerprint density at radius 2 is 1.85 bits per heavy atom. The van der Waals surface area contributed by atoms with E-state index in [1.165, 1.54) is 6.42 Å². The third-order valence-corrected chi connectivity index (χ3v) is 4.46. The summed E-state index contributed by atoms with van der Waals surface area (Å²) in [6.45, 7) is 0.106. The van der Waals surface area contributed by atoms with Gasteiger partial charge in [-0.05, 0) is 43.9 Å². The van der Waals surface area contributed by atoms with Crippen molar-refractivity contribution < 1.29 is 9.90 Å². The van der Waals surface area contributed by atoms with Crippen LogP contribution in [-0.4, -0.2) is 17.5 Å². The van der Waals surface area contributed by atoms with Crippen LogP contribution < -0.4 is 0 Å². The molecule has 0 heterocycles. The zero-order valence-electron chi connectivity index (χ0n) is 7.83. The van der Waals surface area contributed by atoms with E-state index < -0.39 is 0 Å². The maximum absolute atomic E-state index is 12.0. The zero-order valence-corrected chi connectivity index (χ0v) is 7.83. The van der Waals surface area contributed by atoms with Gasteiger partial charge in [0.15, 0.2) is 0 Å². The van der Waals surface area contributed by atoms with Crippen LogP contribution in [0.15, 0.2) is 0 Å². The van der Waals surface area contributed by atoms with Crippen molar-refractivity contribution in [3.05, 3.63) is 0 Å². The van der Waals surface area contributed by atoms with Gasteiger partial charge in [0, 0.05) is 5.92 Å². The average molecular weight is 180 g/mol. The molecule has 4 rings (SSSR count). The molecule has 0 amide bonds. The highest BCUT2D eigenvalue weighted by atomic mass is 16.3. The standard InChI is InChI=1S/C11H16O2/c12-6-11-4-7-1-8(5-11)3-9(2-7)10(11)13/h7-9,12H,1-6H2. The Morgan fingerprint density at radius 3 is 2.38 bits per heavy atom. The highest BCUT2D eigenvalue weighted by Gasteiger charge is 2.56. The third-order valence-electron chi connectivity index (χ3n) is 4.46. The van der Waals surface area contributed by atoms with Crippen LogP contribution in [0, 0.1) is 23.2 Å². The van der Waals surface area contributed by atoms with E-state index >= 15 is 0 Å². The molecular weight excluding hydrogens is 164 g/mol. The van der Waals surface area contributed by atoms with E-state index in [-0.39, 0.29) is 12.0 Å². The first-order valence-corrected chi connectivity index (χ1v) is 5.39. The van der Waals surface area contributed by atoms with Gasteiger partial charge >= 0.3 is 0 Å². The number of carbonyl (C=O) groups is 1. The lowest BCUT2D eigenvalue weighted by atomic mass is 9.49. The molecule has 4 bridgehead atoms. The van der Waals surface area contributed by atoms with Crippen LogP contribution in [-0.2, 0) is 4.79 Å². The minimum atomic E-state index is -0.283. The van der Waals surface area contributed by atoms with Crippen molar-refractivity contribution in [3.63, 3.8) is 0 Å². The number of hydrogen-bond acceptors (Lipinski definition) is 2. The summed E-state index contributed by atoms with van der Waals surface area (Å²) in [7, 11) is 0. The first-order chi connectivity index (χ1) is 6.23. The van der Waals surface area contributed by atoms with E-state index in [0.29, 0.717) is 11.7 Å². The minimum Gasteiger partial charge on any atom is -0.395 e. The van der Waals surface area contributed by atoms with Crippen molar-refractivity contribution >= 4 is 5.78 Å². The predicted octanol–water partition coefficient (Wildman–Crippen LogP) is 1.37. The van der Waals surface area contributed by atoms with E-state index in [2.05, 4.69) is 0 Å². The zero-order chi connectivity index (χ0) is 9.05. The van der Waals surface area contributed by atoms with E-state index in [0.717, 1.165) is 37.5 Å². The first-order valence-electron chi connectivity index (χ1n) is 5.39. The number of ketones is 1. The van der Waals surface area contributed by atoms with Crippen LogP contribution in [0.3, 0.4) is 0 Å². The highest BCUT2D eigenvalue weighted by molar-refractivity contribution is 5.89. The number of aliphatic hydroxyl groups excluding tert-OH is 1. The number of Topliss-reactive ketones (excluding diaryl/α,β-unsaturated/α-hetero) is 1. The first kappa shape index (κ1) is 7.98. The second-order valence-corrected chi connectivity index (χ2v) is 5.35. The monoisotopic (exact) mass is 180 g/mol. The largest absolute Gasteiger partial charge is 0.395 e. The van der Waals surface area contributed by atoms with Gasteiger partial charge < -0.3 is 5.11 Å². The van der Waals surface area contributed by atoms with Gasteiger partial charge in [0.05, 0.1) is 12.0 Å². The van der Waals surface area contributed by atoms with Gasteiger partial charge in [-0.3, -0.25) is 4.79 Å². The quantitative estimate of drug-likeness (QED) is 0.661. The molecule has 0 saturated heterocycles. The van der Waals surface area contributed by atoms with Crippen molar-refractivity contribution in [1.82, 2.24) is 0 Å². The van der Waals surface area contributed by atoms with Gasteiger partial charge in [0.25, 0.3) is 0 Å². The predicted molar refractivity (Wildman–Crippen MR) is 48.1 cm³/mol. The molecule has 4 fully saturated rings. The molecule has 0 aromatic rings. The van der Waals surface area contributed by atoms with Crippen LogP contribution in [0.25, 0.3) is 0 Å². The molecule has 0 aromatic heterocycles. The van der Waals surface area contributed by atoms with Crippen molar-refractivity contribution in [2.24, 2.45) is 23.2 Å². The van der Waals surface area contributed by atoms with Gasteiger partial charge in [-0.1, -0.05) is 0 Å². The summed E-state index contributed by atoms with van der Waals surface area (Å²) in [4.78, 5) is 12.0. The summed E-state index contributed by atoms with van der Waals surface area (Å²) < 4.78 is 0. The van der Waals surface area contributed by atoms with Gasteiger partial charge in [-0.15, -0.1) is 0 Å². The van der Waals surface area contributed by atoms with Gasteiger partial charge in [-0.2, -0.15) is 0 Å². The molecule has 4 aliphatic carbocycles. The number of hydrogen-bond donors (Lipinski definition) is 1. The van der Waals surface area contributed by atoms with E-state index in [1.807, 2.05) is 0 Å². The summed E-state index contributed by atoms with van der Waals surface area (Å²) in [5.41, 5.74) is -0.283. The van der Waals surface area contributed by atoms with E-state index in [9.17, 15) is 9.90 Å². The topological polar surface area (TPSA) is 37.3 Å². The van der Waals surface area contributed by atoms with Crippen LogP contribution in [0.5, 0.6) is 0 Å². The molecule has 2 heteroatoms. The molecular formula is C11H16O2. The molecule has 2 atom stereocenters. The van der Waals surface area contributed by atoms with Crippen LogP contribution >= 0.6 is 0 Å². The molecule has 0 aliphatic heterocycles. The fourth-order valence-electron chi connectivity index (χ4n) is 4.14. The van der Waals surface area contributed by atoms with Crippen LogP contribution in [0.4, 0.5) is 0 Å². The SMILES string of the molecule is O=C1C2CC3CC(C2)CC1(CO)C3. The molecule has 13 heavy (non-hydrogen) atoms. The summed E-state index contributed by atoms with van der Waals surface area (Å²) in [5.74, 6) is 2.21. The number of carbonyl (C=O) groups excluding carboxylic acids is 1. The van der Waals surface area contributed by atoms with Gasteiger partial charge in [0.2, 0.25) is 0 Å². The normalized spacial score (nSPS) is 53.0. The molecule has 2 unspecified atom stereocenters. The third kappa shape index (κ3) is 0.899. The number of rotatable bonds is 1. The second-order valence-electron chi connectivity index (χ2n) is 5.35. The van der Waals surface area contributed by atoms with Gasteiger partial charge in [0.1, 0.15) is 5.78 Å². The highest BCUT2D eigenvalue weighted by Crippen LogP contribution is 2.57. The Kier molecular flexibility index (Phi) is 1.44. The molecule has 0 spiro atoms. The molecule has 4 saturated carbocycles. The number of aliphatic hydroxyl groups is 1. The molecule has 2 nitrogen and oxygen atoms in total. The van der Waals surface area contributed by atoms with Crippen molar-refractivity contribution in [2.75, 3.05) is 6.61 Å². The fourth-order valence-corrected chi connectivity index (χ4v) is 4.14. The van der Waals surface area contributed by atoms with E-state index in [4.69, 9.17) is 0 Å². The summed E-state index contributed by atoms with van der Waals surface area (Å²) in [6, 6.07) is 0. The lowest BCUT2D eigenvalue weighted by Gasteiger charge is -2.54. The minimum absolute atomic E-state index is 0.106. The lowest BCUT2D eigenvalue weighted by Crippen LogP contribution is -2.54. The summed E-state index contributed by atoms with van der Waals surface area (Å²) in [5, 5.41) is 9.38. The van der Waals surface area contributed by atoms with Crippen LogP contribution in [0.1, 0.15) is 32.1 Å². The van der Waals surface area contributed by atoms with Crippen LogP contribution in [0.2, 0.25) is 0 Å². The molecule has 1 N–H and O–H groups in total. The Labute approximate surface area is 78.3 Å². The van der Waals surface area contributed by atoms with Crippen molar-refractivity contribution in [1.29, 1.82) is 0 Å². The van der Waals surface area contributed by atoms with Crippen molar-refractivity contribution in [3.8, 4) is 0 Å². The molecule has 4 aliphatic rings. The smallest absolute Gasteiger partial charge is 0.144 e. The van der Waals surface area contributed by atoms with Gasteiger partial charge in [-0.25, -0.2) is 0 Å². The maximum Gasteiger partial charge on any atom is 0.144 e. The fraction of sp³-hybridized carbons (Fsp3) is 0.909. The molecule has 0 aromatic carbocycles.